The van der Waals surface area contributed by atoms with Crippen molar-refractivity contribution in [2.24, 2.45) is 0 Å². The van der Waals surface area contributed by atoms with Crippen LogP contribution in [0.15, 0.2) is 88.5 Å². The minimum absolute atomic E-state index is 0.0726. The molecule has 0 aliphatic rings. The summed E-state index contributed by atoms with van der Waals surface area (Å²) in [7, 11) is 0. The van der Waals surface area contributed by atoms with Gasteiger partial charge < -0.3 is 9.15 Å². The Kier molecular flexibility index (Phi) is 5.96. The van der Waals surface area contributed by atoms with E-state index >= 15 is 0 Å². The molecule has 0 amide bonds. The number of rotatable bonds is 7. The van der Waals surface area contributed by atoms with Crippen LogP contribution in [0.2, 0.25) is 0 Å². The zero-order valence-corrected chi connectivity index (χ0v) is 17.2. The van der Waals surface area contributed by atoms with Crippen molar-refractivity contribution in [1.82, 2.24) is 10.2 Å². The van der Waals surface area contributed by atoms with Gasteiger partial charge in [0.1, 0.15) is 5.75 Å². The van der Waals surface area contributed by atoms with Crippen molar-refractivity contribution in [1.29, 1.82) is 0 Å². The summed E-state index contributed by atoms with van der Waals surface area (Å²) in [5.41, 5.74) is 4.81. The summed E-state index contributed by atoms with van der Waals surface area (Å²) in [6, 6.07) is 26.7. The van der Waals surface area contributed by atoms with Crippen LogP contribution >= 0.6 is 11.8 Å². The van der Waals surface area contributed by atoms with Crippen LogP contribution < -0.4 is 4.74 Å². The molecule has 1 unspecified atom stereocenters. The molecule has 0 spiro atoms. The molecule has 0 saturated heterocycles. The number of benzene rings is 3. The molecule has 0 aliphatic heterocycles. The van der Waals surface area contributed by atoms with E-state index in [2.05, 4.69) is 65.7 Å². The topological polar surface area (TPSA) is 48.2 Å². The third-order valence-corrected chi connectivity index (χ3v) is 5.72. The first-order valence-corrected chi connectivity index (χ1v) is 10.4. The summed E-state index contributed by atoms with van der Waals surface area (Å²) in [4.78, 5) is 0. The van der Waals surface area contributed by atoms with Crippen molar-refractivity contribution in [2.45, 2.75) is 30.9 Å². The van der Waals surface area contributed by atoms with Gasteiger partial charge in [-0.2, -0.15) is 0 Å². The average Bonchev–Trinajstić information content (AvgIpc) is 3.19. The summed E-state index contributed by atoms with van der Waals surface area (Å²) in [5, 5.41) is 8.99. The summed E-state index contributed by atoms with van der Waals surface area (Å²) in [5.74, 6) is 1.25. The summed E-state index contributed by atoms with van der Waals surface area (Å²) < 4.78 is 11.6. The SMILES string of the molecule is Cc1cccc(OCc2nnc(SC(c3ccccc3)c3ccccc3C)o2)c1. The van der Waals surface area contributed by atoms with E-state index in [1.54, 1.807) is 11.8 Å². The number of aryl methyl sites for hydroxylation is 2. The lowest BCUT2D eigenvalue weighted by atomic mass is 10.0. The van der Waals surface area contributed by atoms with E-state index < -0.39 is 0 Å². The molecule has 5 heteroatoms. The molecule has 3 aromatic carbocycles. The maximum absolute atomic E-state index is 5.86. The van der Waals surface area contributed by atoms with Crippen LogP contribution in [0, 0.1) is 13.8 Å². The Balaban J connectivity index is 1.52. The second kappa shape index (κ2) is 8.97. The molecule has 0 fully saturated rings. The van der Waals surface area contributed by atoms with Gasteiger partial charge in [0.05, 0.1) is 5.25 Å². The van der Waals surface area contributed by atoms with Gasteiger partial charge >= 0.3 is 0 Å². The smallest absolute Gasteiger partial charge is 0.277 e. The second-order valence-corrected chi connectivity index (χ2v) is 7.89. The Labute approximate surface area is 175 Å². The van der Waals surface area contributed by atoms with Gasteiger partial charge in [0, 0.05) is 0 Å². The Morgan fingerprint density at radius 3 is 2.48 bits per heavy atom. The van der Waals surface area contributed by atoms with Gasteiger partial charge in [-0.1, -0.05) is 78.5 Å². The van der Waals surface area contributed by atoms with Gasteiger partial charge in [0.25, 0.3) is 11.1 Å². The normalized spacial score (nSPS) is 11.9. The van der Waals surface area contributed by atoms with Crippen LogP contribution in [0.3, 0.4) is 0 Å². The Hall–Kier alpha value is -3.05. The molecule has 4 nitrogen and oxygen atoms in total. The molecule has 0 aliphatic carbocycles. The Morgan fingerprint density at radius 2 is 1.69 bits per heavy atom. The summed E-state index contributed by atoms with van der Waals surface area (Å²) in [6.45, 7) is 4.40. The molecule has 146 valence electrons. The minimum Gasteiger partial charge on any atom is -0.484 e. The number of ether oxygens (including phenoxy) is 1. The molecule has 0 N–H and O–H groups in total. The average molecular weight is 403 g/mol. The maximum Gasteiger partial charge on any atom is 0.277 e. The van der Waals surface area contributed by atoms with Crippen LogP contribution in [0.25, 0.3) is 0 Å². The lowest BCUT2D eigenvalue weighted by molar-refractivity contribution is 0.252. The van der Waals surface area contributed by atoms with Crippen molar-refractivity contribution in [3.05, 3.63) is 107 Å². The molecule has 0 radical (unpaired) electrons. The first-order valence-electron chi connectivity index (χ1n) is 9.48. The van der Waals surface area contributed by atoms with Crippen molar-refractivity contribution in [3.63, 3.8) is 0 Å². The molecule has 1 heterocycles. The largest absolute Gasteiger partial charge is 0.484 e. The molecule has 29 heavy (non-hydrogen) atoms. The highest BCUT2D eigenvalue weighted by Gasteiger charge is 2.21. The van der Waals surface area contributed by atoms with Crippen molar-refractivity contribution in [2.75, 3.05) is 0 Å². The van der Waals surface area contributed by atoms with E-state index in [9.17, 15) is 0 Å². The zero-order chi connectivity index (χ0) is 20.1. The lowest BCUT2D eigenvalue weighted by Gasteiger charge is -2.17. The Morgan fingerprint density at radius 1 is 0.897 bits per heavy atom. The fourth-order valence-corrected chi connectivity index (χ4v) is 4.23. The van der Waals surface area contributed by atoms with Gasteiger partial charge in [0.15, 0.2) is 6.61 Å². The molecule has 4 rings (SSSR count). The van der Waals surface area contributed by atoms with Gasteiger partial charge in [-0.3, -0.25) is 0 Å². The van der Waals surface area contributed by atoms with Crippen molar-refractivity contribution < 1.29 is 9.15 Å². The van der Waals surface area contributed by atoms with Gasteiger partial charge in [-0.05, 0) is 48.2 Å². The number of nitrogens with zero attached hydrogens (tertiary/aromatic N) is 2. The first kappa shape index (κ1) is 19.3. The molecule has 4 aromatic rings. The van der Waals surface area contributed by atoms with E-state index in [0.29, 0.717) is 11.1 Å². The van der Waals surface area contributed by atoms with Crippen LogP contribution in [0.1, 0.15) is 33.4 Å². The Bertz CT molecular complexity index is 1080. The number of hydrogen-bond donors (Lipinski definition) is 0. The molecular weight excluding hydrogens is 380 g/mol. The van der Waals surface area contributed by atoms with E-state index in [0.717, 1.165) is 11.3 Å². The van der Waals surface area contributed by atoms with E-state index in [1.165, 1.54) is 16.7 Å². The van der Waals surface area contributed by atoms with Gasteiger partial charge in [-0.25, -0.2) is 0 Å². The third kappa shape index (κ3) is 4.87. The van der Waals surface area contributed by atoms with E-state index in [-0.39, 0.29) is 11.9 Å². The molecule has 1 aromatic heterocycles. The highest BCUT2D eigenvalue weighted by Crippen LogP contribution is 2.41. The monoisotopic (exact) mass is 402 g/mol. The van der Waals surface area contributed by atoms with Crippen molar-refractivity contribution >= 4 is 11.8 Å². The molecule has 0 saturated carbocycles. The first-order chi connectivity index (χ1) is 14.2. The molecule has 1 atom stereocenters. The van der Waals surface area contributed by atoms with Crippen LogP contribution in [0.4, 0.5) is 0 Å². The third-order valence-electron chi connectivity index (χ3n) is 4.59. The number of hydrogen-bond acceptors (Lipinski definition) is 5. The maximum atomic E-state index is 5.86. The standard InChI is InChI=1S/C24H22N2O2S/c1-17-9-8-13-20(15-17)27-16-22-25-26-24(28-22)29-23(19-11-4-3-5-12-19)21-14-7-6-10-18(21)2/h3-15,23H,16H2,1-2H3. The highest BCUT2D eigenvalue weighted by atomic mass is 32.2. The quantitative estimate of drug-likeness (QED) is 0.347. The zero-order valence-electron chi connectivity index (χ0n) is 16.4. The fraction of sp³-hybridized carbons (Fsp3) is 0.167. The van der Waals surface area contributed by atoms with Crippen LogP contribution in [0.5, 0.6) is 5.75 Å². The van der Waals surface area contributed by atoms with Gasteiger partial charge in [0.2, 0.25) is 0 Å². The van der Waals surface area contributed by atoms with Crippen LogP contribution in [-0.4, -0.2) is 10.2 Å². The van der Waals surface area contributed by atoms with Crippen LogP contribution in [-0.2, 0) is 6.61 Å². The fourth-order valence-electron chi connectivity index (χ4n) is 3.12. The number of aromatic nitrogens is 2. The lowest BCUT2D eigenvalue weighted by Crippen LogP contribution is -1.99. The predicted octanol–water partition coefficient (Wildman–Crippen LogP) is 6.15. The van der Waals surface area contributed by atoms with Gasteiger partial charge in [-0.15, -0.1) is 10.2 Å². The number of thioether (sulfide) groups is 1. The minimum atomic E-state index is 0.0726. The second-order valence-electron chi connectivity index (χ2n) is 6.83. The van der Waals surface area contributed by atoms with Crippen molar-refractivity contribution in [3.8, 4) is 5.75 Å². The van der Waals surface area contributed by atoms with E-state index in [1.807, 2.05) is 37.3 Å². The highest BCUT2D eigenvalue weighted by molar-refractivity contribution is 7.99. The summed E-state index contributed by atoms with van der Waals surface area (Å²) in [6.07, 6.45) is 0. The summed E-state index contributed by atoms with van der Waals surface area (Å²) >= 11 is 1.56. The molecule has 0 bridgehead atoms. The molecular formula is C24H22N2O2S. The predicted molar refractivity (Wildman–Crippen MR) is 115 cm³/mol. The van der Waals surface area contributed by atoms with E-state index in [4.69, 9.17) is 9.15 Å².